The summed E-state index contributed by atoms with van der Waals surface area (Å²) in [5.74, 6) is 0. The molecule has 0 heterocycles. The molecule has 49 valence electrons. The summed E-state index contributed by atoms with van der Waals surface area (Å²) in [6, 6.07) is 0. The molecule has 0 spiro atoms. The Bertz CT molecular complexity index is 41.7. The highest BCUT2D eigenvalue weighted by atomic mass is 16.3. The van der Waals surface area contributed by atoms with Crippen LogP contribution in [0.2, 0.25) is 0 Å². The molecule has 1 atom stereocenters. The Morgan fingerprint density at radius 3 is 2.50 bits per heavy atom. The molecule has 1 heteroatoms. The highest BCUT2D eigenvalue weighted by molar-refractivity contribution is 4.55. The molecule has 0 saturated heterocycles. The quantitative estimate of drug-likeness (QED) is 0.553. The summed E-state index contributed by atoms with van der Waals surface area (Å²) in [4.78, 5) is 0. The number of rotatable bonds is 4. The van der Waals surface area contributed by atoms with E-state index >= 15 is 0 Å². The minimum absolute atomic E-state index is 0.346. The van der Waals surface area contributed by atoms with Gasteiger partial charge in [0.1, 0.15) is 0 Å². The van der Waals surface area contributed by atoms with Gasteiger partial charge in [0.2, 0.25) is 0 Å². The van der Waals surface area contributed by atoms with E-state index < -0.39 is 0 Å². The molecule has 0 aromatic rings. The average Bonchev–Trinajstić information content (AvgIpc) is 1.66. The average molecular weight is 115 g/mol. The van der Waals surface area contributed by atoms with Crippen LogP contribution in [0.3, 0.4) is 0 Å². The number of hydrogen-bond donors (Lipinski definition) is 1. The highest BCUT2D eigenvalue weighted by Gasteiger charge is 1.92. The summed E-state index contributed by atoms with van der Waals surface area (Å²) in [6.07, 6.45) is 4.05. The van der Waals surface area contributed by atoms with Crippen molar-refractivity contribution in [3.8, 4) is 0 Å². The lowest BCUT2D eigenvalue weighted by molar-refractivity contribution is 0.206. The molecule has 0 saturated carbocycles. The van der Waals surface area contributed by atoms with Crippen LogP contribution in [0, 0.1) is 6.92 Å². The molecule has 0 aliphatic heterocycles. The third-order valence-corrected chi connectivity index (χ3v) is 1.14. The van der Waals surface area contributed by atoms with E-state index in [4.69, 9.17) is 5.11 Å². The van der Waals surface area contributed by atoms with Crippen molar-refractivity contribution < 1.29 is 5.11 Å². The van der Waals surface area contributed by atoms with Gasteiger partial charge in [-0.15, -0.1) is 0 Å². The second-order valence-electron chi connectivity index (χ2n) is 2.15. The van der Waals surface area contributed by atoms with Gasteiger partial charge in [-0.25, -0.2) is 0 Å². The molecule has 1 nitrogen and oxygen atoms in total. The second-order valence-corrected chi connectivity index (χ2v) is 2.15. The largest absolute Gasteiger partial charge is 0.393 e. The molecule has 0 fully saturated rings. The van der Waals surface area contributed by atoms with E-state index in [-0.39, 0.29) is 6.10 Å². The Balaban J connectivity index is 2.72. The van der Waals surface area contributed by atoms with E-state index in [9.17, 15) is 0 Å². The highest BCUT2D eigenvalue weighted by Crippen LogP contribution is 2.01. The van der Waals surface area contributed by atoms with E-state index in [1.807, 2.05) is 0 Å². The van der Waals surface area contributed by atoms with Crippen LogP contribution in [0.15, 0.2) is 0 Å². The smallest absolute Gasteiger partial charge is 0.0541 e. The molecule has 0 aromatic heterocycles. The van der Waals surface area contributed by atoms with Crippen LogP contribution in [0.1, 0.15) is 32.6 Å². The van der Waals surface area contributed by atoms with Crippen molar-refractivity contribution in [2.24, 2.45) is 0 Å². The van der Waals surface area contributed by atoms with Gasteiger partial charge >= 0.3 is 0 Å². The van der Waals surface area contributed by atoms with Crippen molar-refractivity contribution in [1.82, 2.24) is 0 Å². The first-order chi connectivity index (χ1) is 3.77. The van der Waals surface area contributed by atoms with Crippen molar-refractivity contribution in [3.05, 3.63) is 6.92 Å². The van der Waals surface area contributed by atoms with Gasteiger partial charge in [0, 0.05) is 0 Å². The number of hydrogen-bond acceptors (Lipinski definition) is 1. The maximum Gasteiger partial charge on any atom is 0.0541 e. The SMILES string of the molecule is [CH2]C(O)CCCCC. The van der Waals surface area contributed by atoms with Gasteiger partial charge in [-0.1, -0.05) is 26.2 Å². The van der Waals surface area contributed by atoms with Gasteiger partial charge in [0.05, 0.1) is 6.10 Å². The fraction of sp³-hybridized carbons (Fsp3) is 0.857. The Labute approximate surface area is 51.7 Å². The Kier molecular flexibility index (Phi) is 5.08. The van der Waals surface area contributed by atoms with Crippen LogP contribution in [0.5, 0.6) is 0 Å². The summed E-state index contributed by atoms with van der Waals surface area (Å²) in [5, 5.41) is 8.67. The second kappa shape index (κ2) is 5.10. The van der Waals surface area contributed by atoms with E-state index in [0.29, 0.717) is 0 Å². The number of aliphatic hydroxyl groups excluding tert-OH is 1. The molecule has 0 rings (SSSR count). The van der Waals surface area contributed by atoms with E-state index in [2.05, 4.69) is 13.8 Å². The van der Waals surface area contributed by atoms with Crippen molar-refractivity contribution in [2.45, 2.75) is 38.7 Å². The molecule has 1 N–H and O–H groups in total. The fourth-order valence-electron chi connectivity index (χ4n) is 0.630. The maximum atomic E-state index is 8.67. The lowest BCUT2D eigenvalue weighted by Crippen LogP contribution is -1.98. The third kappa shape index (κ3) is 5.96. The van der Waals surface area contributed by atoms with Crippen molar-refractivity contribution in [3.63, 3.8) is 0 Å². The molecule has 8 heavy (non-hydrogen) atoms. The van der Waals surface area contributed by atoms with E-state index in [0.717, 1.165) is 12.8 Å². The van der Waals surface area contributed by atoms with Crippen molar-refractivity contribution in [1.29, 1.82) is 0 Å². The zero-order chi connectivity index (χ0) is 6.41. The molecule has 0 bridgehead atoms. The minimum atomic E-state index is -0.346. The van der Waals surface area contributed by atoms with Gasteiger partial charge in [-0.3, -0.25) is 0 Å². The Morgan fingerprint density at radius 1 is 1.50 bits per heavy atom. The van der Waals surface area contributed by atoms with Crippen LogP contribution in [0.4, 0.5) is 0 Å². The molecule has 0 aromatic carbocycles. The first-order valence-corrected chi connectivity index (χ1v) is 3.28. The third-order valence-electron chi connectivity index (χ3n) is 1.14. The van der Waals surface area contributed by atoms with E-state index in [1.165, 1.54) is 12.8 Å². The van der Waals surface area contributed by atoms with E-state index in [1.54, 1.807) is 0 Å². The lowest BCUT2D eigenvalue weighted by Gasteiger charge is -1.99. The van der Waals surface area contributed by atoms with Gasteiger partial charge < -0.3 is 5.11 Å². The molecule has 0 amide bonds. The van der Waals surface area contributed by atoms with Crippen LogP contribution in [-0.2, 0) is 0 Å². The zero-order valence-electron chi connectivity index (χ0n) is 5.56. The van der Waals surface area contributed by atoms with Crippen molar-refractivity contribution >= 4 is 0 Å². The molecule has 1 unspecified atom stereocenters. The molecular formula is C7H15O. The van der Waals surface area contributed by atoms with Crippen molar-refractivity contribution in [2.75, 3.05) is 0 Å². The summed E-state index contributed by atoms with van der Waals surface area (Å²) in [5.41, 5.74) is 0. The summed E-state index contributed by atoms with van der Waals surface area (Å²) in [6.45, 7) is 5.61. The summed E-state index contributed by atoms with van der Waals surface area (Å²) in [7, 11) is 0. The monoisotopic (exact) mass is 115 g/mol. The van der Waals surface area contributed by atoms with Crippen LogP contribution < -0.4 is 0 Å². The number of aliphatic hydroxyl groups is 1. The molecule has 0 aliphatic carbocycles. The van der Waals surface area contributed by atoms with Gasteiger partial charge in [0.25, 0.3) is 0 Å². The standard InChI is InChI=1S/C7H15O/c1-3-4-5-6-7(2)8/h7-8H,2-6H2,1H3. The molecular weight excluding hydrogens is 100 g/mol. The summed E-state index contributed by atoms with van der Waals surface area (Å²) >= 11 is 0. The topological polar surface area (TPSA) is 20.2 Å². The van der Waals surface area contributed by atoms with Crippen LogP contribution in [-0.4, -0.2) is 11.2 Å². The predicted molar refractivity (Wildman–Crippen MR) is 35.5 cm³/mol. The van der Waals surface area contributed by atoms with Gasteiger partial charge in [-0.05, 0) is 13.3 Å². The van der Waals surface area contributed by atoms with Gasteiger partial charge in [-0.2, -0.15) is 0 Å². The zero-order valence-corrected chi connectivity index (χ0v) is 5.56. The van der Waals surface area contributed by atoms with Crippen LogP contribution >= 0.6 is 0 Å². The first-order valence-electron chi connectivity index (χ1n) is 3.28. The molecule has 1 radical (unpaired) electrons. The van der Waals surface area contributed by atoms with Gasteiger partial charge in [0.15, 0.2) is 0 Å². The van der Waals surface area contributed by atoms with Crippen LogP contribution in [0.25, 0.3) is 0 Å². The Hall–Kier alpha value is -0.0400. The fourth-order valence-corrected chi connectivity index (χ4v) is 0.630. The predicted octanol–water partition coefficient (Wildman–Crippen LogP) is 1.76. The molecule has 0 aliphatic rings. The number of unbranched alkanes of at least 4 members (excludes halogenated alkanes) is 2. The minimum Gasteiger partial charge on any atom is -0.393 e. The first kappa shape index (κ1) is 7.96. The maximum absolute atomic E-state index is 8.67. The Morgan fingerprint density at radius 2 is 2.12 bits per heavy atom. The lowest BCUT2D eigenvalue weighted by atomic mass is 10.1. The summed E-state index contributed by atoms with van der Waals surface area (Å²) < 4.78 is 0. The normalized spacial score (nSPS) is 13.9.